The molecule has 1 aromatic heterocycles. The van der Waals surface area contributed by atoms with Crippen LogP contribution in [-0.2, 0) is 26.1 Å². The Bertz CT molecular complexity index is 1330. The van der Waals surface area contributed by atoms with Crippen molar-refractivity contribution in [2.75, 3.05) is 16.2 Å². The fourth-order valence-corrected chi connectivity index (χ4v) is 5.30. The minimum Gasteiger partial charge on any atom is -0.486 e. The SMILES string of the molecule is CCn1cc(S(=O)(=O)N2C[C@H](C[C@H](O)C(=O)O)Oc3ccc(NC(=O)OC(C)(C)C(F)(F)F)cc32)c(Cl)n1. The first-order valence-corrected chi connectivity index (χ1v) is 12.8. The van der Waals surface area contributed by atoms with E-state index in [4.69, 9.17) is 21.4 Å². The van der Waals surface area contributed by atoms with E-state index in [0.717, 1.165) is 10.4 Å². The number of benzene rings is 1. The van der Waals surface area contributed by atoms with Crippen LogP contribution in [0.2, 0.25) is 5.15 Å². The number of sulfonamides is 1. The van der Waals surface area contributed by atoms with Crippen molar-refractivity contribution in [1.82, 2.24) is 9.78 Å². The summed E-state index contributed by atoms with van der Waals surface area (Å²) in [5.41, 5.74) is -3.08. The summed E-state index contributed by atoms with van der Waals surface area (Å²) in [4.78, 5) is 22.9. The van der Waals surface area contributed by atoms with Gasteiger partial charge < -0.3 is 19.7 Å². The molecule has 3 rings (SSSR count). The predicted molar refractivity (Wildman–Crippen MR) is 127 cm³/mol. The number of aliphatic hydroxyl groups is 1. The van der Waals surface area contributed by atoms with Gasteiger partial charge in [-0.2, -0.15) is 18.3 Å². The maximum atomic E-state index is 13.6. The molecular formula is C21H24ClF3N4O8S. The number of aliphatic carboxylic acids is 1. The van der Waals surface area contributed by atoms with E-state index in [1.54, 1.807) is 6.92 Å². The van der Waals surface area contributed by atoms with Gasteiger partial charge in [-0.25, -0.2) is 18.0 Å². The molecule has 1 amide bonds. The van der Waals surface area contributed by atoms with Crippen LogP contribution in [0.1, 0.15) is 27.2 Å². The molecule has 12 nitrogen and oxygen atoms in total. The molecule has 1 aromatic carbocycles. The van der Waals surface area contributed by atoms with Gasteiger partial charge >= 0.3 is 18.2 Å². The Balaban J connectivity index is 2.00. The van der Waals surface area contributed by atoms with Crippen LogP contribution in [0.15, 0.2) is 29.3 Å². The van der Waals surface area contributed by atoms with Crippen LogP contribution in [0.5, 0.6) is 5.75 Å². The third-order valence-electron chi connectivity index (χ3n) is 5.52. The molecule has 0 unspecified atom stereocenters. The third kappa shape index (κ3) is 6.07. The maximum Gasteiger partial charge on any atom is 0.427 e. The largest absolute Gasteiger partial charge is 0.486 e. The molecule has 0 radical (unpaired) electrons. The van der Waals surface area contributed by atoms with E-state index in [0.29, 0.717) is 20.4 Å². The second-order valence-electron chi connectivity index (χ2n) is 8.71. The van der Waals surface area contributed by atoms with Gasteiger partial charge in [0.25, 0.3) is 10.0 Å². The van der Waals surface area contributed by atoms with Crippen LogP contribution in [0.4, 0.5) is 29.3 Å². The highest BCUT2D eigenvalue weighted by molar-refractivity contribution is 7.93. The average molecular weight is 585 g/mol. The number of carboxylic acids is 1. The minimum atomic E-state index is -4.85. The number of aliphatic hydroxyl groups excluding tert-OH is 1. The number of carbonyl (C=O) groups excluding carboxylic acids is 1. The molecule has 3 N–H and O–H groups in total. The highest BCUT2D eigenvalue weighted by Gasteiger charge is 2.51. The minimum absolute atomic E-state index is 0.0732. The molecule has 0 saturated heterocycles. The number of halogens is 4. The van der Waals surface area contributed by atoms with Crippen LogP contribution in [0, 0.1) is 0 Å². The van der Waals surface area contributed by atoms with Gasteiger partial charge in [0.15, 0.2) is 11.3 Å². The van der Waals surface area contributed by atoms with E-state index >= 15 is 0 Å². The van der Waals surface area contributed by atoms with Crippen molar-refractivity contribution in [3.63, 3.8) is 0 Å². The third-order valence-corrected chi connectivity index (χ3v) is 7.69. The summed E-state index contributed by atoms with van der Waals surface area (Å²) in [6, 6.07) is 3.55. The van der Waals surface area contributed by atoms with Crippen molar-refractivity contribution in [2.45, 2.75) is 62.6 Å². The van der Waals surface area contributed by atoms with Crippen molar-refractivity contribution in [3.8, 4) is 5.75 Å². The maximum absolute atomic E-state index is 13.6. The lowest BCUT2D eigenvalue weighted by molar-refractivity contribution is -0.242. The second-order valence-corrected chi connectivity index (χ2v) is 10.9. The Kier molecular flexibility index (Phi) is 8.10. The zero-order chi connectivity index (χ0) is 28.6. The lowest BCUT2D eigenvalue weighted by Crippen LogP contribution is -2.45. The Morgan fingerprint density at radius 1 is 1.34 bits per heavy atom. The highest BCUT2D eigenvalue weighted by atomic mass is 35.5. The molecule has 2 heterocycles. The highest BCUT2D eigenvalue weighted by Crippen LogP contribution is 2.41. The number of aromatic nitrogens is 2. The van der Waals surface area contributed by atoms with Crippen LogP contribution in [0.25, 0.3) is 0 Å². The number of alkyl halides is 3. The smallest absolute Gasteiger partial charge is 0.427 e. The molecule has 17 heteroatoms. The summed E-state index contributed by atoms with van der Waals surface area (Å²) < 4.78 is 78.7. The van der Waals surface area contributed by atoms with Gasteiger partial charge in [0, 0.05) is 24.8 Å². The zero-order valence-electron chi connectivity index (χ0n) is 20.2. The summed E-state index contributed by atoms with van der Waals surface area (Å²) in [7, 11) is -4.46. The number of anilines is 2. The van der Waals surface area contributed by atoms with Gasteiger partial charge in [-0.3, -0.25) is 14.3 Å². The molecule has 2 atom stereocenters. The fraction of sp³-hybridized carbons (Fsp3) is 0.476. The topological polar surface area (TPSA) is 160 Å². The van der Waals surface area contributed by atoms with E-state index in [1.165, 1.54) is 23.0 Å². The lowest BCUT2D eigenvalue weighted by atomic mass is 10.1. The molecule has 38 heavy (non-hydrogen) atoms. The van der Waals surface area contributed by atoms with Gasteiger partial charge in [0.05, 0.1) is 12.2 Å². The fourth-order valence-electron chi connectivity index (χ4n) is 3.36. The molecule has 1 aliphatic rings. The first-order valence-electron chi connectivity index (χ1n) is 11.0. The quantitative estimate of drug-likeness (QED) is 0.423. The van der Waals surface area contributed by atoms with Crippen LogP contribution in [-0.4, -0.2) is 71.0 Å². The van der Waals surface area contributed by atoms with Crippen molar-refractivity contribution in [1.29, 1.82) is 0 Å². The number of fused-ring (bicyclic) bond motifs is 1. The molecular weight excluding hydrogens is 561 g/mol. The predicted octanol–water partition coefficient (Wildman–Crippen LogP) is 3.24. The summed E-state index contributed by atoms with van der Waals surface area (Å²) >= 11 is 6.06. The molecule has 210 valence electrons. The first kappa shape index (κ1) is 29.3. The lowest BCUT2D eigenvalue weighted by Gasteiger charge is -2.36. The number of rotatable bonds is 8. The zero-order valence-corrected chi connectivity index (χ0v) is 21.8. The van der Waals surface area contributed by atoms with Crippen molar-refractivity contribution < 1.29 is 50.9 Å². The van der Waals surface area contributed by atoms with E-state index < -0.39 is 59.0 Å². The molecule has 1 aliphatic heterocycles. The molecule has 0 fully saturated rings. The van der Waals surface area contributed by atoms with Crippen molar-refractivity contribution in [2.24, 2.45) is 0 Å². The normalized spacial score (nSPS) is 16.8. The number of nitrogens with one attached hydrogen (secondary N) is 1. The molecule has 0 saturated carbocycles. The van der Waals surface area contributed by atoms with Crippen molar-refractivity contribution >= 4 is 45.1 Å². The summed E-state index contributed by atoms with van der Waals surface area (Å²) in [6.07, 6.45) is -8.55. The number of hydrogen-bond donors (Lipinski definition) is 3. The number of carbonyl (C=O) groups is 2. The Morgan fingerprint density at radius 2 is 2.00 bits per heavy atom. The van der Waals surface area contributed by atoms with Gasteiger partial charge in [0.2, 0.25) is 5.60 Å². The Morgan fingerprint density at radius 3 is 2.55 bits per heavy atom. The van der Waals surface area contributed by atoms with E-state index in [-0.39, 0.29) is 27.2 Å². The van der Waals surface area contributed by atoms with Crippen LogP contribution in [0.3, 0.4) is 0 Å². The van der Waals surface area contributed by atoms with E-state index in [2.05, 4.69) is 15.2 Å². The Labute approximate surface area is 219 Å². The molecule has 0 aliphatic carbocycles. The summed E-state index contributed by atoms with van der Waals surface area (Å²) in [5, 5.41) is 24.5. The van der Waals surface area contributed by atoms with Crippen LogP contribution < -0.4 is 14.4 Å². The summed E-state index contributed by atoms with van der Waals surface area (Å²) in [5.74, 6) is -1.61. The molecule has 0 spiro atoms. The molecule has 2 aromatic rings. The van der Waals surface area contributed by atoms with Gasteiger partial charge in [-0.15, -0.1) is 0 Å². The van der Waals surface area contributed by atoms with Crippen LogP contribution >= 0.6 is 11.6 Å². The van der Waals surface area contributed by atoms with Gasteiger partial charge in [-0.1, -0.05) is 11.6 Å². The number of hydrogen-bond acceptors (Lipinski definition) is 8. The van der Waals surface area contributed by atoms with E-state index in [9.17, 15) is 36.3 Å². The number of nitrogens with zero attached hydrogens (tertiary/aromatic N) is 3. The monoisotopic (exact) mass is 584 g/mol. The molecule has 0 bridgehead atoms. The second kappa shape index (κ2) is 10.5. The van der Waals surface area contributed by atoms with Gasteiger partial charge in [0.1, 0.15) is 16.7 Å². The average Bonchev–Trinajstić information content (AvgIpc) is 3.19. The number of ether oxygens (including phenoxy) is 2. The summed E-state index contributed by atoms with van der Waals surface area (Å²) in [6.45, 7) is 2.85. The Hall–Kier alpha value is -3.24. The van der Waals surface area contributed by atoms with E-state index in [1.807, 2.05) is 0 Å². The van der Waals surface area contributed by atoms with Gasteiger partial charge in [-0.05, 0) is 39.0 Å². The number of amides is 1. The first-order chi connectivity index (χ1) is 17.5. The standard InChI is InChI=1S/C21H24ClF3N4O8S/c1-4-28-10-16(17(22)27-28)38(34,35)29-9-12(8-14(30)18(31)32)36-15-6-5-11(7-13(15)29)26-19(33)37-20(2,3)21(23,24)25/h5-7,10,12,14,30H,4,8-9H2,1-3H3,(H,26,33)(H,31,32)/t12-,14-/m0/s1. The van der Waals surface area contributed by atoms with Crippen molar-refractivity contribution in [3.05, 3.63) is 29.5 Å². The number of carboxylic acid groups (broad SMARTS) is 1. The number of aryl methyl sites for hydroxylation is 1.